The lowest BCUT2D eigenvalue weighted by molar-refractivity contribution is -0.137. The van der Waals surface area contributed by atoms with Gasteiger partial charge in [-0.25, -0.2) is 0 Å². The summed E-state index contributed by atoms with van der Waals surface area (Å²) in [5.41, 5.74) is 5.40. The van der Waals surface area contributed by atoms with Gasteiger partial charge in [-0.3, -0.25) is 4.90 Å². The Kier molecular flexibility index (Phi) is 4.85. The number of alkyl halides is 3. The third-order valence-electron chi connectivity index (χ3n) is 7.40. The molecule has 0 spiro atoms. The second-order valence-electron chi connectivity index (χ2n) is 9.08. The summed E-state index contributed by atoms with van der Waals surface area (Å²) in [4.78, 5) is 5.66. The standard InChI is InChI=1S/C27H23F3N2S/c28-27(29,30)20-11-9-19(10-12-20)23-24-21-7-3-1-5-17(21)13-15-31(24)25-22-8-4-2-6-18(22)14-16-32(25)26(23)33/h1-12,23-25H,13-16H2/t23-,24-,25-/m0/s1. The normalized spacial score (nSPS) is 24.5. The van der Waals surface area contributed by atoms with Gasteiger partial charge in [0, 0.05) is 13.1 Å². The van der Waals surface area contributed by atoms with Crippen molar-refractivity contribution in [1.29, 1.82) is 0 Å². The van der Waals surface area contributed by atoms with E-state index in [1.54, 1.807) is 12.1 Å². The van der Waals surface area contributed by atoms with Gasteiger partial charge in [-0.15, -0.1) is 0 Å². The molecule has 3 heterocycles. The van der Waals surface area contributed by atoms with Gasteiger partial charge < -0.3 is 4.90 Å². The number of hydrogen-bond donors (Lipinski definition) is 0. The molecule has 3 atom stereocenters. The average Bonchev–Trinajstić information content (AvgIpc) is 2.83. The van der Waals surface area contributed by atoms with Crippen molar-refractivity contribution in [2.45, 2.75) is 37.1 Å². The summed E-state index contributed by atoms with van der Waals surface area (Å²) < 4.78 is 39.7. The molecule has 0 unspecified atom stereocenters. The first kappa shape index (κ1) is 20.9. The molecule has 0 bridgehead atoms. The van der Waals surface area contributed by atoms with Gasteiger partial charge in [0.2, 0.25) is 0 Å². The van der Waals surface area contributed by atoms with E-state index in [-0.39, 0.29) is 18.1 Å². The van der Waals surface area contributed by atoms with Crippen LogP contribution in [0.1, 0.15) is 51.5 Å². The molecule has 0 aromatic heterocycles. The van der Waals surface area contributed by atoms with Gasteiger partial charge in [0.15, 0.2) is 0 Å². The van der Waals surface area contributed by atoms with E-state index in [0.717, 1.165) is 36.5 Å². The van der Waals surface area contributed by atoms with Crippen LogP contribution in [0.25, 0.3) is 0 Å². The monoisotopic (exact) mass is 464 g/mol. The van der Waals surface area contributed by atoms with Crippen LogP contribution in [0.15, 0.2) is 72.8 Å². The summed E-state index contributed by atoms with van der Waals surface area (Å²) in [5, 5.41) is 0. The van der Waals surface area contributed by atoms with Crippen LogP contribution in [0.4, 0.5) is 13.2 Å². The molecule has 1 fully saturated rings. The lowest BCUT2D eigenvalue weighted by Crippen LogP contribution is -2.58. The van der Waals surface area contributed by atoms with E-state index in [1.165, 1.54) is 34.4 Å². The summed E-state index contributed by atoms with van der Waals surface area (Å²) in [7, 11) is 0. The minimum atomic E-state index is -4.35. The van der Waals surface area contributed by atoms with Crippen LogP contribution < -0.4 is 0 Å². The van der Waals surface area contributed by atoms with E-state index in [9.17, 15) is 13.2 Å². The summed E-state index contributed by atoms with van der Waals surface area (Å²) in [6.45, 7) is 1.71. The van der Waals surface area contributed by atoms with Crippen molar-refractivity contribution in [3.05, 3.63) is 106 Å². The Hall–Kier alpha value is -2.70. The van der Waals surface area contributed by atoms with Crippen molar-refractivity contribution in [3.63, 3.8) is 0 Å². The Morgan fingerprint density at radius 3 is 2.06 bits per heavy atom. The van der Waals surface area contributed by atoms with E-state index in [4.69, 9.17) is 12.2 Å². The molecular weight excluding hydrogens is 441 g/mol. The van der Waals surface area contributed by atoms with Gasteiger partial charge >= 0.3 is 6.18 Å². The zero-order valence-electron chi connectivity index (χ0n) is 17.9. The van der Waals surface area contributed by atoms with Gasteiger partial charge in [-0.05, 0) is 52.8 Å². The lowest BCUT2D eigenvalue weighted by atomic mass is 9.76. The molecule has 6 rings (SSSR count). The maximum atomic E-state index is 13.2. The topological polar surface area (TPSA) is 6.48 Å². The van der Waals surface area contributed by atoms with Gasteiger partial charge in [0.05, 0.1) is 22.5 Å². The summed E-state index contributed by atoms with van der Waals surface area (Å²) in [5.74, 6) is -0.176. The molecule has 6 heteroatoms. The van der Waals surface area contributed by atoms with Gasteiger partial charge in [0.1, 0.15) is 6.17 Å². The first-order valence-corrected chi connectivity index (χ1v) is 11.7. The minimum absolute atomic E-state index is 0.00778. The molecular formula is C27H23F3N2S. The average molecular weight is 465 g/mol. The van der Waals surface area contributed by atoms with Crippen molar-refractivity contribution in [3.8, 4) is 0 Å². The lowest BCUT2D eigenvalue weighted by Gasteiger charge is -2.57. The van der Waals surface area contributed by atoms with Crippen LogP contribution in [0.3, 0.4) is 0 Å². The van der Waals surface area contributed by atoms with Crippen LogP contribution in [0.5, 0.6) is 0 Å². The summed E-state index contributed by atoms with van der Waals surface area (Å²) >= 11 is 6.12. The second-order valence-corrected chi connectivity index (χ2v) is 9.50. The molecule has 3 aromatic rings. The molecule has 3 aliphatic heterocycles. The molecule has 0 N–H and O–H groups in total. The number of benzene rings is 3. The fourth-order valence-corrected chi connectivity index (χ4v) is 6.37. The quantitative estimate of drug-likeness (QED) is 0.391. The fourth-order valence-electron chi connectivity index (χ4n) is 5.91. The van der Waals surface area contributed by atoms with Crippen LogP contribution in [0, 0.1) is 0 Å². The first-order chi connectivity index (χ1) is 15.9. The maximum absolute atomic E-state index is 13.2. The zero-order chi connectivity index (χ0) is 22.7. The molecule has 0 saturated carbocycles. The second kappa shape index (κ2) is 7.67. The Morgan fingerprint density at radius 1 is 0.758 bits per heavy atom. The molecule has 33 heavy (non-hydrogen) atoms. The summed E-state index contributed by atoms with van der Waals surface area (Å²) in [6.07, 6.45) is -2.42. The van der Waals surface area contributed by atoms with Crippen molar-refractivity contribution in [2.24, 2.45) is 0 Å². The number of rotatable bonds is 1. The maximum Gasteiger partial charge on any atom is 0.416 e. The highest BCUT2D eigenvalue weighted by atomic mass is 32.1. The number of fused-ring (bicyclic) bond motifs is 7. The van der Waals surface area contributed by atoms with Crippen LogP contribution in [-0.2, 0) is 19.0 Å². The molecule has 1 saturated heterocycles. The molecule has 168 valence electrons. The van der Waals surface area contributed by atoms with E-state index in [1.807, 2.05) is 0 Å². The number of hydrogen-bond acceptors (Lipinski definition) is 2. The largest absolute Gasteiger partial charge is 0.416 e. The highest BCUT2D eigenvalue weighted by Crippen LogP contribution is 2.52. The van der Waals surface area contributed by atoms with Gasteiger partial charge in [-0.2, -0.15) is 13.2 Å². The molecule has 0 amide bonds. The fraction of sp³-hybridized carbons (Fsp3) is 0.296. The third kappa shape index (κ3) is 3.30. The molecule has 3 aromatic carbocycles. The molecule has 0 radical (unpaired) electrons. The highest BCUT2D eigenvalue weighted by Gasteiger charge is 2.49. The Bertz CT molecular complexity index is 1220. The number of nitrogens with zero attached hydrogens (tertiary/aromatic N) is 2. The first-order valence-electron chi connectivity index (χ1n) is 11.3. The van der Waals surface area contributed by atoms with Gasteiger partial charge in [0.25, 0.3) is 0 Å². The SMILES string of the molecule is FC(F)(F)c1ccc([C@@H]2C(=S)N3CCc4ccccc4[C@H]3N3CCc4ccccc4[C@@H]23)cc1. The number of halogens is 3. The predicted molar refractivity (Wildman–Crippen MR) is 126 cm³/mol. The van der Waals surface area contributed by atoms with Crippen LogP contribution in [0.2, 0.25) is 0 Å². The summed E-state index contributed by atoms with van der Waals surface area (Å²) in [6, 6.07) is 22.6. The van der Waals surface area contributed by atoms with Crippen molar-refractivity contribution in [2.75, 3.05) is 13.1 Å². The molecule has 0 aliphatic carbocycles. The van der Waals surface area contributed by atoms with E-state index in [0.29, 0.717) is 0 Å². The van der Waals surface area contributed by atoms with Crippen LogP contribution in [-0.4, -0.2) is 27.9 Å². The third-order valence-corrected chi connectivity index (χ3v) is 7.89. The smallest absolute Gasteiger partial charge is 0.345 e. The minimum Gasteiger partial charge on any atom is -0.345 e. The van der Waals surface area contributed by atoms with E-state index < -0.39 is 11.7 Å². The number of thiocarbonyl (C=S) groups is 1. The molecule has 3 aliphatic rings. The Balaban J connectivity index is 1.50. The van der Waals surface area contributed by atoms with Gasteiger partial charge in [-0.1, -0.05) is 72.9 Å². The van der Waals surface area contributed by atoms with Crippen molar-refractivity contribution >= 4 is 17.2 Å². The van der Waals surface area contributed by atoms with Crippen molar-refractivity contribution in [1.82, 2.24) is 9.80 Å². The molecule has 2 nitrogen and oxygen atoms in total. The predicted octanol–water partition coefficient (Wildman–Crippen LogP) is 6.29. The van der Waals surface area contributed by atoms with E-state index >= 15 is 0 Å². The Morgan fingerprint density at radius 2 is 1.36 bits per heavy atom. The highest BCUT2D eigenvalue weighted by molar-refractivity contribution is 7.80. The van der Waals surface area contributed by atoms with Crippen LogP contribution >= 0.6 is 12.2 Å². The Labute approximate surface area is 196 Å². The zero-order valence-corrected chi connectivity index (χ0v) is 18.7. The van der Waals surface area contributed by atoms with Crippen molar-refractivity contribution < 1.29 is 13.2 Å². The van der Waals surface area contributed by atoms with E-state index in [2.05, 4.69) is 58.3 Å².